The van der Waals surface area contributed by atoms with Crippen molar-refractivity contribution >= 4 is 21.6 Å². The van der Waals surface area contributed by atoms with Gasteiger partial charge in [-0.3, -0.25) is 4.90 Å². The highest BCUT2D eigenvalue weighted by Crippen LogP contribution is 2.22. The highest BCUT2D eigenvalue weighted by atomic mass is 33.1. The van der Waals surface area contributed by atoms with Crippen LogP contribution in [-0.2, 0) is 0 Å². The summed E-state index contributed by atoms with van der Waals surface area (Å²) in [6, 6.07) is 0. The summed E-state index contributed by atoms with van der Waals surface area (Å²) >= 11 is 0. The van der Waals surface area contributed by atoms with E-state index in [2.05, 4.69) is 37.6 Å². The lowest BCUT2D eigenvalue weighted by atomic mass is 10.0. The molecule has 0 rings (SSSR count). The van der Waals surface area contributed by atoms with Crippen LogP contribution in [0.25, 0.3) is 0 Å². The number of aliphatic hydroxyl groups excluding tert-OH is 3. The normalized spacial score (nSPS) is 13.5. The van der Waals surface area contributed by atoms with Crippen molar-refractivity contribution in [1.82, 2.24) is 9.80 Å². The first-order valence-electron chi connectivity index (χ1n) is 28.6. The van der Waals surface area contributed by atoms with E-state index in [-0.39, 0.29) is 18.3 Å². The predicted molar refractivity (Wildman–Crippen MR) is 288 cm³/mol. The van der Waals surface area contributed by atoms with Crippen LogP contribution < -0.4 is 0 Å². The minimum atomic E-state index is -0.307. The second kappa shape index (κ2) is 53.5. The minimum Gasteiger partial charge on any atom is -0.392 e. The van der Waals surface area contributed by atoms with Gasteiger partial charge in [-0.25, -0.2) is 0 Å². The summed E-state index contributed by atoms with van der Waals surface area (Å²) in [4.78, 5) is 4.65. The quantitative estimate of drug-likeness (QED) is 0.0415. The molecule has 63 heavy (non-hydrogen) atoms. The highest BCUT2D eigenvalue weighted by Gasteiger charge is 2.16. The van der Waals surface area contributed by atoms with Crippen LogP contribution in [0.4, 0.5) is 0 Å². The van der Waals surface area contributed by atoms with Crippen molar-refractivity contribution in [3.8, 4) is 0 Å². The summed E-state index contributed by atoms with van der Waals surface area (Å²) in [6.45, 7) is 10.9. The minimum absolute atomic E-state index is 0.216. The van der Waals surface area contributed by atoms with E-state index >= 15 is 0 Å². The Morgan fingerprint density at radius 2 is 0.524 bits per heavy atom. The average Bonchev–Trinajstić information content (AvgIpc) is 3.26. The number of hydrogen-bond donors (Lipinski definition) is 3. The van der Waals surface area contributed by atoms with Gasteiger partial charge < -0.3 is 20.2 Å². The molecule has 0 heterocycles. The molecule has 0 aromatic rings. The maximum atomic E-state index is 11.1. The molecular formula is C56H116N2O3S2. The molecule has 0 aliphatic carbocycles. The summed E-state index contributed by atoms with van der Waals surface area (Å²) < 4.78 is 0. The summed E-state index contributed by atoms with van der Waals surface area (Å²) in [5, 5.41) is 32.8. The third-order valence-corrected chi connectivity index (χ3v) is 15.9. The molecule has 0 aromatic heterocycles. The van der Waals surface area contributed by atoms with E-state index < -0.39 is 0 Å². The lowest BCUT2D eigenvalue weighted by Gasteiger charge is -2.27. The van der Waals surface area contributed by atoms with Gasteiger partial charge in [0, 0.05) is 44.2 Å². The molecule has 3 N–H and O–H groups in total. The van der Waals surface area contributed by atoms with Gasteiger partial charge in [0.1, 0.15) is 0 Å². The smallest absolute Gasteiger partial charge is 0.0667 e. The van der Waals surface area contributed by atoms with Crippen LogP contribution in [0.5, 0.6) is 0 Å². The van der Waals surface area contributed by atoms with E-state index in [1.807, 2.05) is 21.6 Å². The number of unbranched alkanes of at least 4 members (excludes halogenated alkanes) is 36. The maximum Gasteiger partial charge on any atom is 0.0667 e. The first-order chi connectivity index (χ1) is 30.9. The molecule has 0 aliphatic heterocycles. The van der Waals surface area contributed by atoms with Gasteiger partial charge in [-0.15, -0.1) is 0 Å². The second-order valence-electron chi connectivity index (χ2n) is 20.2. The Morgan fingerprint density at radius 3 is 0.794 bits per heavy atom. The highest BCUT2D eigenvalue weighted by molar-refractivity contribution is 8.76. The zero-order chi connectivity index (χ0) is 45.9. The van der Waals surface area contributed by atoms with Crippen molar-refractivity contribution in [3.63, 3.8) is 0 Å². The molecule has 0 fully saturated rings. The summed E-state index contributed by atoms with van der Waals surface area (Å²) in [6.07, 6.45) is 54.7. The average molecular weight is 930 g/mol. The van der Waals surface area contributed by atoms with Crippen LogP contribution in [-0.4, -0.2) is 94.7 Å². The zero-order valence-electron chi connectivity index (χ0n) is 43.4. The van der Waals surface area contributed by atoms with Crippen molar-refractivity contribution in [2.75, 3.05) is 51.3 Å². The Bertz CT molecular complexity index is 802. The molecule has 0 amide bonds. The molecule has 3 unspecified atom stereocenters. The number of hydrogen-bond acceptors (Lipinski definition) is 7. The third-order valence-electron chi connectivity index (χ3n) is 13.5. The van der Waals surface area contributed by atoms with E-state index in [4.69, 9.17) is 0 Å². The van der Waals surface area contributed by atoms with E-state index in [0.717, 1.165) is 69.7 Å². The van der Waals surface area contributed by atoms with Gasteiger partial charge in [-0.2, -0.15) is 0 Å². The maximum absolute atomic E-state index is 11.1. The van der Waals surface area contributed by atoms with Gasteiger partial charge >= 0.3 is 0 Å². The Hall–Kier alpha value is 0.500. The van der Waals surface area contributed by atoms with Gasteiger partial charge in [-0.05, 0) is 26.3 Å². The van der Waals surface area contributed by atoms with Crippen molar-refractivity contribution in [3.05, 3.63) is 0 Å². The van der Waals surface area contributed by atoms with Gasteiger partial charge in [0.2, 0.25) is 0 Å². The summed E-state index contributed by atoms with van der Waals surface area (Å²) in [5.41, 5.74) is 0. The van der Waals surface area contributed by atoms with Crippen LogP contribution in [0.1, 0.15) is 290 Å². The number of likely N-dealkylation sites (N-methyl/N-ethyl adjacent to an activating group) is 1. The van der Waals surface area contributed by atoms with Gasteiger partial charge in [0.25, 0.3) is 0 Å². The molecule has 380 valence electrons. The Morgan fingerprint density at radius 1 is 0.302 bits per heavy atom. The van der Waals surface area contributed by atoms with E-state index in [1.165, 1.54) is 231 Å². The molecule has 3 atom stereocenters. The van der Waals surface area contributed by atoms with Crippen LogP contribution in [0.3, 0.4) is 0 Å². The molecule has 5 nitrogen and oxygen atoms in total. The monoisotopic (exact) mass is 929 g/mol. The van der Waals surface area contributed by atoms with Crippen LogP contribution in [0, 0.1) is 0 Å². The lowest BCUT2D eigenvalue weighted by molar-refractivity contribution is 0.0639. The first-order valence-corrected chi connectivity index (χ1v) is 31.1. The molecule has 0 radical (unpaired) electrons. The Labute approximate surface area is 404 Å². The Kier molecular flexibility index (Phi) is 53.9. The number of nitrogens with zero attached hydrogens (tertiary/aromatic N) is 2. The summed E-state index contributed by atoms with van der Waals surface area (Å²) in [7, 11) is 6.01. The van der Waals surface area contributed by atoms with Crippen molar-refractivity contribution in [2.45, 2.75) is 309 Å². The molecule has 0 saturated heterocycles. The molecule has 0 aromatic carbocycles. The molecule has 0 bridgehead atoms. The fourth-order valence-electron chi connectivity index (χ4n) is 9.25. The van der Waals surface area contributed by atoms with Crippen LogP contribution in [0.2, 0.25) is 0 Å². The predicted octanol–water partition coefficient (Wildman–Crippen LogP) is 17.1. The Balaban J connectivity index is 4.30. The van der Waals surface area contributed by atoms with Gasteiger partial charge in [-0.1, -0.05) is 293 Å². The number of aliphatic hydroxyl groups is 3. The van der Waals surface area contributed by atoms with Gasteiger partial charge in [0.15, 0.2) is 0 Å². The topological polar surface area (TPSA) is 67.2 Å². The fourth-order valence-corrected chi connectivity index (χ4v) is 11.4. The molecule has 0 saturated carbocycles. The number of rotatable bonds is 55. The second-order valence-corrected chi connectivity index (χ2v) is 22.9. The van der Waals surface area contributed by atoms with Crippen LogP contribution in [0.15, 0.2) is 0 Å². The third kappa shape index (κ3) is 51.7. The molecule has 0 spiro atoms. The lowest BCUT2D eigenvalue weighted by Crippen LogP contribution is -2.39. The van der Waals surface area contributed by atoms with E-state index in [1.54, 1.807) is 0 Å². The van der Waals surface area contributed by atoms with E-state index in [9.17, 15) is 15.3 Å². The molecular weight excluding hydrogens is 813 g/mol. The van der Waals surface area contributed by atoms with E-state index in [0.29, 0.717) is 13.1 Å². The molecule has 0 aliphatic rings. The fraction of sp³-hybridized carbons (Fsp3) is 1.00. The van der Waals surface area contributed by atoms with Crippen LogP contribution >= 0.6 is 21.6 Å². The standard InChI is InChI=1S/C56H116N2O3S2/c1-5-8-11-14-17-20-23-26-29-32-35-38-41-44-54(59)51-57(4)47-49-62-63-50-48-58(52-55(60)45-42-39-36-33-30-27-24-21-18-15-12-9-6-2)53-56(61)46-43-40-37-34-31-28-25-22-19-16-13-10-7-3/h54-56,59-61H,5-53H2,1-4H3. The molecule has 7 heteroatoms. The SMILES string of the molecule is CCCCCCCCCCCCCCCC(O)CN(C)CCSSCCN(CC(O)CCCCCCCCCCCCCCC)CC(O)CCCCCCCCCCCCCCC. The summed E-state index contributed by atoms with van der Waals surface area (Å²) in [5.74, 6) is 2.06. The first kappa shape index (κ1) is 63.5. The largest absolute Gasteiger partial charge is 0.392 e. The zero-order valence-corrected chi connectivity index (χ0v) is 45.1. The van der Waals surface area contributed by atoms with Crippen molar-refractivity contribution < 1.29 is 15.3 Å². The van der Waals surface area contributed by atoms with Crippen molar-refractivity contribution in [1.29, 1.82) is 0 Å². The van der Waals surface area contributed by atoms with Crippen molar-refractivity contribution in [2.24, 2.45) is 0 Å². The van der Waals surface area contributed by atoms with Gasteiger partial charge in [0.05, 0.1) is 18.3 Å².